The second-order valence-electron chi connectivity index (χ2n) is 3.56. The third-order valence-electron chi connectivity index (χ3n) is 1.84. The van der Waals surface area contributed by atoms with Gasteiger partial charge in [0.25, 0.3) is 0 Å². The zero-order chi connectivity index (χ0) is 11.6. The van der Waals surface area contributed by atoms with Gasteiger partial charge in [-0.3, -0.25) is 0 Å². The molecule has 94 valence electrons. The molecule has 17 heavy (non-hydrogen) atoms. The maximum absolute atomic E-state index is 2.17. The molecule has 2 heteroatoms. The Bertz CT molecular complexity index is 335. The Morgan fingerprint density at radius 2 is 1.00 bits per heavy atom. The topological polar surface area (TPSA) is 0 Å². The van der Waals surface area contributed by atoms with Crippen molar-refractivity contribution in [1.82, 2.24) is 0 Å². The first-order chi connectivity index (χ1) is 7.86. The Labute approximate surface area is 117 Å². The van der Waals surface area contributed by atoms with E-state index < -0.39 is 0 Å². The molecule has 2 rings (SSSR count). The smallest absolute Gasteiger partial charge is 0 e. The van der Waals surface area contributed by atoms with Crippen molar-refractivity contribution >= 4 is 19.2 Å². The summed E-state index contributed by atoms with van der Waals surface area (Å²) < 4.78 is 0. The van der Waals surface area contributed by atoms with Gasteiger partial charge in [-0.1, -0.05) is 89.5 Å². The fourth-order valence-electron chi connectivity index (χ4n) is 1.21. The number of rotatable bonds is 2. The van der Waals surface area contributed by atoms with E-state index in [1.807, 2.05) is 0 Å². The van der Waals surface area contributed by atoms with Gasteiger partial charge in [-0.2, -0.15) is 0 Å². The van der Waals surface area contributed by atoms with E-state index >= 15 is 0 Å². The monoisotopic (exact) mass is 288 g/mol. The predicted octanol–water partition coefficient (Wildman–Crippen LogP) is 3.73. The molecule has 0 bridgehead atoms. The van der Waals surface area contributed by atoms with Crippen molar-refractivity contribution in [2.24, 2.45) is 0 Å². The molecule has 0 amide bonds. The average molecular weight is 289 g/mol. The second-order valence-corrected chi connectivity index (χ2v) is 4.97. The van der Waals surface area contributed by atoms with Crippen LogP contribution in [0.25, 0.3) is 0 Å². The summed E-state index contributed by atoms with van der Waals surface area (Å²) in [4.78, 5) is 0. The number of hydrogen-bond acceptors (Lipinski definition) is 0. The molecule has 2 aromatic rings. The predicted molar refractivity (Wildman–Crippen MR) is 76.4 cm³/mol. The van der Waals surface area contributed by atoms with Crippen molar-refractivity contribution < 1.29 is 16.5 Å². The molecule has 0 atom stereocenters. The normalized spacial score (nSPS) is 8.59. The van der Waals surface area contributed by atoms with E-state index in [-0.39, 0.29) is 16.5 Å². The summed E-state index contributed by atoms with van der Waals surface area (Å²) in [6.45, 7) is 4.25. The molecule has 0 N–H and O–H groups in total. The molecule has 0 aliphatic heterocycles. The summed E-state index contributed by atoms with van der Waals surface area (Å²) in [5.41, 5.74) is 0. The van der Waals surface area contributed by atoms with Crippen LogP contribution in [0.15, 0.2) is 60.7 Å². The van der Waals surface area contributed by atoms with Gasteiger partial charge >= 0.3 is 0 Å². The van der Waals surface area contributed by atoms with E-state index in [9.17, 15) is 0 Å². The van der Waals surface area contributed by atoms with E-state index in [1.54, 1.807) is 0 Å². The van der Waals surface area contributed by atoms with Crippen LogP contribution in [0.3, 0.4) is 0 Å². The Hall–Kier alpha value is -0.636. The molecule has 0 saturated heterocycles. The van der Waals surface area contributed by atoms with Gasteiger partial charge in [0.05, 0.1) is 0 Å². The summed E-state index contributed by atoms with van der Waals surface area (Å²) >= 11 is 0. The van der Waals surface area contributed by atoms with Crippen molar-refractivity contribution in [3.63, 3.8) is 0 Å². The van der Waals surface area contributed by atoms with Crippen molar-refractivity contribution in [3.8, 4) is 0 Å². The minimum atomic E-state index is 0. The van der Waals surface area contributed by atoms with Crippen molar-refractivity contribution in [1.29, 1.82) is 0 Å². The minimum absolute atomic E-state index is 0. The van der Waals surface area contributed by atoms with Crippen molar-refractivity contribution in [2.45, 2.75) is 20.3 Å². The zero-order valence-corrected chi connectivity index (χ0v) is 12.3. The molecule has 0 spiro atoms. The zero-order valence-electron chi connectivity index (χ0n) is 10.3. The fraction of sp³-hybridized carbons (Fsp3) is 0.200. The van der Waals surface area contributed by atoms with E-state index in [0.29, 0.717) is 0 Å². The molecular formula is C15H19NiP. The van der Waals surface area contributed by atoms with Gasteiger partial charge in [-0.05, 0) is 10.6 Å². The van der Waals surface area contributed by atoms with Crippen LogP contribution in [0.2, 0.25) is 0 Å². The van der Waals surface area contributed by atoms with Gasteiger partial charge in [0.1, 0.15) is 0 Å². The third-order valence-corrected chi connectivity index (χ3v) is 3.08. The Morgan fingerprint density at radius 1 is 0.706 bits per heavy atom. The summed E-state index contributed by atoms with van der Waals surface area (Å²) in [6, 6.07) is 21.2. The van der Waals surface area contributed by atoms with E-state index in [1.165, 1.54) is 17.0 Å². The van der Waals surface area contributed by atoms with Gasteiger partial charge in [0.15, 0.2) is 0 Å². The van der Waals surface area contributed by atoms with E-state index in [4.69, 9.17) is 0 Å². The van der Waals surface area contributed by atoms with E-state index in [2.05, 4.69) is 74.5 Å². The quantitative estimate of drug-likeness (QED) is 0.583. The Balaban J connectivity index is 0.000000583. The van der Waals surface area contributed by atoms with Crippen LogP contribution in [0.5, 0.6) is 0 Å². The molecule has 0 heterocycles. The number of hydrogen-bond donors (Lipinski definition) is 0. The molecular weight excluding hydrogens is 270 g/mol. The van der Waals surface area contributed by atoms with Crippen LogP contribution in [0, 0.1) is 0 Å². The molecule has 0 aliphatic carbocycles. The third kappa shape index (κ3) is 7.32. The number of benzene rings is 2. The molecule has 0 nitrogen and oxygen atoms in total. The summed E-state index contributed by atoms with van der Waals surface area (Å²) in [7, 11) is 0.777. The molecule has 0 unspecified atom stereocenters. The van der Waals surface area contributed by atoms with Crippen LogP contribution in [0.1, 0.15) is 20.3 Å². The maximum Gasteiger partial charge on any atom is 0 e. The summed E-state index contributed by atoms with van der Waals surface area (Å²) in [5.74, 6) is 0. The summed E-state index contributed by atoms with van der Waals surface area (Å²) in [5, 5.41) is 2.79. The Kier molecular flexibility index (Phi) is 10.1. The average Bonchev–Trinajstić information content (AvgIpc) is 2.33. The van der Waals surface area contributed by atoms with Crippen molar-refractivity contribution in [2.75, 3.05) is 0 Å². The van der Waals surface area contributed by atoms with Crippen LogP contribution in [-0.4, -0.2) is 0 Å². The van der Waals surface area contributed by atoms with Crippen LogP contribution < -0.4 is 10.6 Å². The molecule has 0 saturated carbocycles. The molecule has 2 aromatic carbocycles. The molecule has 0 fully saturated rings. The Morgan fingerprint density at radius 3 is 1.29 bits per heavy atom. The SMILES string of the molecule is CCC.[Ni].c1ccc(Pc2ccccc2)cc1. The molecule has 0 aliphatic rings. The largest absolute Gasteiger partial charge is 0.0656 e. The summed E-state index contributed by atoms with van der Waals surface area (Å²) in [6.07, 6.45) is 1.25. The van der Waals surface area contributed by atoms with Crippen LogP contribution in [0.4, 0.5) is 0 Å². The van der Waals surface area contributed by atoms with Crippen LogP contribution >= 0.6 is 8.58 Å². The maximum atomic E-state index is 2.17. The van der Waals surface area contributed by atoms with Gasteiger partial charge in [-0.15, -0.1) is 0 Å². The molecule has 0 radical (unpaired) electrons. The first kappa shape index (κ1) is 16.4. The molecule has 0 aromatic heterocycles. The van der Waals surface area contributed by atoms with Crippen molar-refractivity contribution in [3.05, 3.63) is 60.7 Å². The standard InChI is InChI=1S/C12H11P.C3H8.Ni/c1-3-7-11(8-4-1)13-12-9-5-2-6-10-12;1-3-2;/h1-10,13H;3H2,1-2H3;. The first-order valence-electron chi connectivity index (χ1n) is 5.74. The van der Waals surface area contributed by atoms with Crippen LogP contribution in [-0.2, 0) is 16.5 Å². The van der Waals surface area contributed by atoms with E-state index in [0.717, 1.165) is 8.58 Å². The van der Waals surface area contributed by atoms with Gasteiger partial charge in [0, 0.05) is 16.5 Å². The van der Waals surface area contributed by atoms with Gasteiger partial charge < -0.3 is 0 Å². The minimum Gasteiger partial charge on any atom is -0.0656 e. The fourth-order valence-corrected chi connectivity index (χ4v) is 2.26. The first-order valence-corrected chi connectivity index (χ1v) is 6.74. The second kappa shape index (κ2) is 10.5. The van der Waals surface area contributed by atoms with Gasteiger partial charge in [0.2, 0.25) is 0 Å². The van der Waals surface area contributed by atoms with Gasteiger partial charge in [-0.25, -0.2) is 0 Å².